The first-order valence-electron chi connectivity index (χ1n) is 2.42. The van der Waals surface area contributed by atoms with E-state index in [1.165, 1.54) is 0 Å². The molecule has 0 aliphatic rings. The molecule has 10 heteroatoms. The predicted molar refractivity (Wildman–Crippen MR) is 32.6 cm³/mol. The molecule has 0 amide bonds. The maximum Gasteiger partial charge on any atom is 1.00 e. The Labute approximate surface area is 95.4 Å². The van der Waals surface area contributed by atoms with Crippen molar-refractivity contribution in [2.75, 3.05) is 6.61 Å². The van der Waals surface area contributed by atoms with Crippen LogP contribution in [-0.2, 0) is 13.9 Å². The number of hydrogen-bond donors (Lipinski definition) is 3. The van der Waals surface area contributed by atoms with Gasteiger partial charge in [-0.25, -0.2) is 4.57 Å². The minimum absolute atomic E-state index is 0. The van der Waals surface area contributed by atoms with E-state index in [2.05, 4.69) is 4.52 Å². The minimum atomic E-state index is -4.87. The number of aliphatic hydroxyl groups is 1. The monoisotopic (exact) mass is 226 g/mol. The molecule has 74 valence electrons. The Morgan fingerprint density at radius 1 is 1.54 bits per heavy atom. The molecule has 5 N–H and O–H groups in total. The smallest absolute Gasteiger partial charge is 0.547 e. The van der Waals surface area contributed by atoms with Crippen LogP contribution in [0, 0.1) is 0 Å². The summed E-state index contributed by atoms with van der Waals surface area (Å²) in [4.78, 5) is 26.0. The van der Waals surface area contributed by atoms with Crippen LogP contribution in [-0.4, -0.2) is 39.0 Å². The van der Waals surface area contributed by atoms with E-state index in [4.69, 9.17) is 14.9 Å². The summed E-state index contributed by atoms with van der Waals surface area (Å²) in [6.45, 7) is -1.05. The molecule has 0 aliphatic carbocycles. The first kappa shape index (κ1) is 19.1. The Morgan fingerprint density at radius 2 is 1.92 bits per heavy atom. The second kappa shape index (κ2) is 7.86. The summed E-state index contributed by atoms with van der Waals surface area (Å²) in [6.07, 6.45) is -1.99. The van der Waals surface area contributed by atoms with Crippen molar-refractivity contribution in [1.82, 2.24) is 0 Å². The number of phosphoric acid groups is 1. The molecule has 0 aromatic carbocycles. The number of carboxylic acid groups (broad SMARTS) is 1. The number of rotatable bonds is 4. The van der Waals surface area contributed by atoms with Crippen LogP contribution in [0.1, 0.15) is 0 Å². The van der Waals surface area contributed by atoms with E-state index < -0.39 is 26.5 Å². The summed E-state index contributed by atoms with van der Waals surface area (Å²) in [5, 5.41) is 18.0. The molecule has 13 heavy (non-hydrogen) atoms. The SMILES string of the molecule is O.O=C([O-])C(CO)OP(=O)(O)O.[Na+]. The molecule has 0 aliphatic heterocycles. The van der Waals surface area contributed by atoms with Crippen LogP contribution in [0.4, 0.5) is 0 Å². The van der Waals surface area contributed by atoms with Crippen molar-refractivity contribution >= 4 is 13.8 Å². The molecule has 1 atom stereocenters. The van der Waals surface area contributed by atoms with E-state index >= 15 is 0 Å². The van der Waals surface area contributed by atoms with Crippen molar-refractivity contribution in [3.8, 4) is 0 Å². The average molecular weight is 226 g/mol. The van der Waals surface area contributed by atoms with Gasteiger partial charge in [0.1, 0.15) is 6.10 Å². The van der Waals surface area contributed by atoms with Gasteiger partial charge in [-0.2, -0.15) is 0 Å². The fourth-order valence-electron chi connectivity index (χ4n) is 0.317. The molecular formula is C3H8NaO8P. The fourth-order valence-corrected chi connectivity index (χ4v) is 0.801. The summed E-state index contributed by atoms with van der Waals surface area (Å²) in [5.74, 6) is -1.88. The molecule has 0 saturated heterocycles. The molecule has 0 aromatic heterocycles. The van der Waals surface area contributed by atoms with Gasteiger partial charge in [0.05, 0.1) is 12.6 Å². The van der Waals surface area contributed by atoms with Gasteiger partial charge in [0.2, 0.25) is 0 Å². The first-order chi connectivity index (χ1) is 4.87. The van der Waals surface area contributed by atoms with Gasteiger partial charge >= 0.3 is 37.4 Å². The Balaban J connectivity index is -0.000000500. The molecule has 0 fully saturated rings. The number of aliphatic hydroxyl groups excluding tert-OH is 1. The van der Waals surface area contributed by atoms with Gasteiger partial charge < -0.3 is 30.3 Å². The number of phosphoric ester groups is 1. The molecule has 0 saturated carbocycles. The van der Waals surface area contributed by atoms with Crippen LogP contribution in [0.5, 0.6) is 0 Å². The third-order valence-corrected chi connectivity index (χ3v) is 1.22. The Bertz CT molecular complexity index is 188. The third kappa shape index (κ3) is 10.4. The fraction of sp³-hybridized carbons (Fsp3) is 0.667. The van der Waals surface area contributed by atoms with E-state index in [1.807, 2.05) is 0 Å². The van der Waals surface area contributed by atoms with Gasteiger partial charge in [0, 0.05) is 0 Å². The Morgan fingerprint density at radius 3 is 2.00 bits per heavy atom. The quantitative estimate of drug-likeness (QED) is 0.317. The number of hydrogen-bond acceptors (Lipinski definition) is 5. The summed E-state index contributed by atoms with van der Waals surface area (Å²) in [5.41, 5.74) is 0. The van der Waals surface area contributed by atoms with Gasteiger partial charge in [-0.05, 0) is 0 Å². The molecular weight excluding hydrogens is 218 g/mol. The van der Waals surface area contributed by atoms with Crippen molar-refractivity contribution < 1.29 is 68.9 Å². The summed E-state index contributed by atoms with van der Waals surface area (Å²) in [6, 6.07) is 0. The van der Waals surface area contributed by atoms with Crippen LogP contribution in [0.25, 0.3) is 0 Å². The molecule has 0 radical (unpaired) electrons. The standard InChI is InChI=1S/C3H7O7P.Na.H2O/c4-1-2(3(5)6)10-11(7,8)9;;/h2,4H,1H2,(H,5,6)(H2,7,8,9);;1H2/q;+1;/p-1. The number of carbonyl (C=O) groups excluding carboxylic acids is 1. The van der Waals surface area contributed by atoms with E-state index in [9.17, 15) is 14.5 Å². The maximum atomic E-state index is 9.98. The van der Waals surface area contributed by atoms with Gasteiger partial charge in [-0.1, -0.05) is 0 Å². The zero-order valence-electron chi connectivity index (χ0n) is 6.71. The van der Waals surface area contributed by atoms with Crippen molar-refractivity contribution in [1.29, 1.82) is 0 Å². The normalized spacial score (nSPS) is 12.2. The third-order valence-electron chi connectivity index (χ3n) is 0.693. The van der Waals surface area contributed by atoms with Gasteiger partial charge in [-0.15, -0.1) is 0 Å². The topological polar surface area (TPSA) is 159 Å². The average Bonchev–Trinajstić information content (AvgIpc) is 1.80. The van der Waals surface area contributed by atoms with Crippen LogP contribution in [0.15, 0.2) is 0 Å². The van der Waals surface area contributed by atoms with Crippen molar-refractivity contribution in [3.63, 3.8) is 0 Å². The van der Waals surface area contributed by atoms with Crippen molar-refractivity contribution in [2.45, 2.75) is 6.10 Å². The minimum Gasteiger partial charge on any atom is -0.547 e. The first-order valence-corrected chi connectivity index (χ1v) is 3.95. The molecule has 0 heterocycles. The summed E-state index contributed by atoms with van der Waals surface area (Å²) < 4.78 is 13.6. The summed E-state index contributed by atoms with van der Waals surface area (Å²) >= 11 is 0. The largest absolute Gasteiger partial charge is 1.00 e. The molecule has 0 spiro atoms. The Hall–Kier alpha value is 0.500. The number of carbonyl (C=O) groups is 1. The molecule has 8 nitrogen and oxygen atoms in total. The van der Waals surface area contributed by atoms with Gasteiger partial charge in [-0.3, -0.25) is 4.52 Å². The van der Waals surface area contributed by atoms with E-state index in [-0.39, 0.29) is 35.0 Å². The van der Waals surface area contributed by atoms with E-state index in [0.717, 1.165) is 0 Å². The zero-order valence-corrected chi connectivity index (χ0v) is 9.60. The van der Waals surface area contributed by atoms with Crippen LogP contribution >= 0.6 is 7.82 Å². The second-order valence-electron chi connectivity index (χ2n) is 1.59. The summed E-state index contributed by atoms with van der Waals surface area (Å²) in [7, 11) is -4.87. The van der Waals surface area contributed by atoms with Crippen LogP contribution in [0.2, 0.25) is 0 Å². The maximum absolute atomic E-state index is 9.98. The second-order valence-corrected chi connectivity index (χ2v) is 2.78. The van der Waals surface area contributed by atoms with E-state index in [1.54, 1.807) is 0 Å². The van der Waals surface area contributed by atoms with Gasteiger partial charge in [0.25, 0.3) is 0 Å². The zero-order chi connectivity index (χ0) is 9.07. The van der Waals surface area contributed by atoms with Crippen molar-refractivity contribution in [3.05, 3.63) is 0 Å². The molecule has 0 aromatic rings. The van der Waals surface area contributed by atoms with Crippen LogP contribution < -0.4 is 34.7 Å². The van der Waals surface area contributed by atoms with Crippen molar-refractivity contribution in [2.24, 2.45) is 0 Å². The van der Waals surface area contributed by atoms with E-state index in [0.29, 0.717) is 0 Å². The van der Waals surface area contributed by atoms with Gasteiger partial charge in [0.15, 0.2) is 0 Å². The van der Waals surface area contributed by atoms with Crippen LogP contribution in [0.3, 0.4) is 0 Å². The molecule has 0 rings (SSSR count). The Kier molecular flexibility index (Phi) is 11.6. The number of carboxylic acids is 1. The predicted octanol–water partition coefficient (Wildman–Crippen LogP) is -6.61. The molecule has 1 unspecified atom stereocenters. The number of aliphatic carboxylic acids is 1. The molecule has 0 bridgehead atoms.